The van der Waals surface area contributed by atoms with E-state index in [4.69, 9.17) is 0 Å². The van der Waals surface area contributed by atoms with E-state index in [1.165, 1.54) is 5.69 Å². The van der Waals surface area contributed by atoms with Crippen LogP contribution < -0.4 is 15.1 Å². The van der Waals surface area contributed by atoms with Gasteiger partial charge in [-0.1, -0.05) is 18.2 Å². The molecule has 0 aromatic heterocycles. The average Bonchev–Trinajstić information content (AvgIpc) is 3.56. The van der Waals surface area contributed by atoms with Gasteiger partial charge in [0, 0.05) is 50.3 Å². The van der Waals surface area contributed by atoms with Crippen LogP contribution in [0.4, 0.5) is 17.1 Å². The molecule has 2 aromatic rings. The second-order valence-corrected chi connectivity index (χ2v) is 8.01. The smallest absolute Gasteiger partial charge is 0.230 e. The molecule has 0 spiro atoms. The van der Waals surface area contributed by atoms with Crippen LogP contribution >= 0.6 is 0 Å². The fraction of sp³-hybridized carbons (Fsp3) is 0.391. The molecule has 2 amide bonds. The van der Waals surface area contributed by atoms with Crippen molar-refractivity contribution in [1.82, 2.24) is 4.90 Å². The Morgan fingerprint density at radius 1 is 0.931 bits per heavy atom. The van der Waals surface area contributed by atoms with Gasteiger partial charge in [0.15, 0.2) is 0 Å². The summed E-state index contributed by atoms with van der Waals surface area (Å²) in [7, 11) is 3.91. The van der Waals surface area contributed by atoms with Crippen molar-refractivity contribution in [2.45, 2.75) is 6.42 Å². The van der Waals surface area contributed by atoms with Gasteiger partial charge in [-0.3, -0.25) is 9.59 Å². The lowest BCUT2D eigenvalue weighted by Crippen LogP contribution is -2.44. The normalized spacial score (nSPS) is 21.5. The first-order valence-electron chi connectivity index (χ1n) is 10.2. The number of carbonyl (C=O) groups is 2. The molecule has 6 heteroatoms. The Hall–Kier alpha value is -2.86. The molecule has 29 heavy (non-hydrogen) atoms. The second-order valence-electron chi connectivity index (χ2n) is 8.01. The van der Waals surface area contributed by atoms with E-state index >= 15 is 0 Å². The summed E-state index contributed by atoms with van der Waals surface area (Å²) in [5, 5.41) is 2.97. The van der Waals surface area contributed by atoms with Crippen LogP contribution in [0.2, 0.25) is 0 Å². The van der Waals surface area contributed by atoms with E-state index in [-0.39, 0.29) is 23.7 Å². The van der Waals surface area contributed by atoms with Crippen molar-refractivity contribution in [3.05, 3.63) is 54.6 Å². The van der Waals surface area contributed by atoms with Crippen molar-refractivity contribution < 1.29 is 9.59 Å². The molecule has 1 aliphatic carbocycles. The lowest BCUT2D eigenvalue weighted by molar-refractivity contribution is -0.123. The number of anilines is 3. The Bertz CT molecular complexity index is 860. The molecule has 152 valence electrons. The fourth-order valence-electron chi connectivity index (χ4n) is 3.84. The first kappa shape index (κ1) is 19.5. The minimum atomic E-state index is -0.244. The molecule has 2 aliphatic rings. The first-order chi connectivity index (χ1) is 14.0. The van der Waals surface area contributed by atoms with Crippen LogP contribution in [0.3, 0.4) is 0 Å². The quantitative estimate of drug-likeness (QED) is 0.850. The third-order valence-electron chi connectivity index (χ3n) is 5.92. The Morgan fingerprint density at radius 3 is 2.24 bits per heavy atom. The van der Waals surface area contributed by atoms with Gasteiger partial charge in [0.2, 0.25) is 11.8 Å². The molecular weight excluding hydrogens is 364 g/mol. The minimum Gasteiger partial charge on any atom is -0.369 e. The van der Waals surface area contributed by atoms with Crippen LogP contribution in [0.15, 0.2) is 54.6 Å². The Labute approximate surface area is 172 Å². The van der Waals surface area contributed by atoms with Crippen LogP contribution in [-0.4, -0.2) is 57.0 Å². The van der Waals surface area contributed by atoms with Gasteiger partial charge in [0.05, 0.1) is 11.8 Å². The van der Waals surface area contributed by atoms with Crippen molar-refractivity contribution in [2.24, 2.45) is 11.8 Å². The average molecular weight is 393 g/mol. The molecule has 0 radical (unpaired) electrons. The van der Waals surface area contributed by atoms with E-state index in [1.54, 1.807) is 11.9 Å². The highest BCUT2D eigenvalue weighted by Crippen LogP contribution is 2.41. The summed E-state index contributed by atoms with van der Waals surface area (Å²) in [6.45, 7) is 4.16. The maximum Gasteiger partial charge on any atom is 0.230 e. The third-order valence-corrected chi connectivity index (χ3v) is 5.92. The zero-order chi connectivity index (χ0) is 20.4. The van der Waals surface area contributed by atoms with Crippen molar-refractivity contribution in [1.29, 1.82) is 0 Å². The van der Waals surface area contributed by atoms with E-state index in [0.717, 1.165) is 37.6 Å². The number of piperazine rings is 1. The molecule has 6 nitrogen and oxygen atoms in total. The van der Waals surface area contributed by atoms with Crippen LogP contribution in [0.5, 0.6) is 0 Å². The molecular formula is C23H28N4O2. The van der Waals surface area contributed by atoms with Gasteiger partial charge in [0.1, 0.15) is 0 Å². The summed E-state index contributed by atoms with van der Waals surface area (Å²) in [5.41, 5.74) is 2.81. The van der Waals surface area contributed by atoms with Crippen molar-refractivity contribution >= 4 is 28.9 Å². The molecule has 1 aliphatic heterocycles. The Morgan fingerprint density at radius 2 is 1.59 bits per heavy atom. The molecule has 1 heterocycles. The van der Waals surface area contributed by atoms with E-state index < -0.39 is 0 Å². The van der Waals surface area contributed by atoms with Gasteiger partial charge >= 0.3 is 0 Å². The van der Waals surface area contributed by atoms with Gasteiger partial charge in [0.25, 0.3) is 0 Å². The topological polar surface area (TPSA) is 55.9 Å². The molecule has 2 atom stereocenters. The first-order valence-corrected chi connectivity index (χ1v) is 10.2. The molecule has 2 fully saturated rings. The number of carbonyl (C=O) groups excluding carboxylic acids is 2. The molecule has 1 saturated heterocycles. The van der Waals surface area contributed by atoms with Gasteiger partial charge in [-0.2, -0.15) is 0 Å². The van der Waals surface area contributed by atoms with Crippen molar-refractivity contribution in [2.75, 3.05) is 55.4 Å². The molecule has 4 rings (SSSR count). The van der Waals surface area contributed by atoms with E-state index in [1.807, 2.05) is 42.5 Å². The number of nitrogens with one attached hydrogen (secondary N) is 1. The zero-order valence-electron chi connectivity index (χ0n) is 17.0. The van der Waals surface area contributed by atoms with Crippen LogP contribution in [0.25, 0.3) is 0 Å². The monoisotopic (exact) mass is 392 g/mol. The third kappa shape index (κ3) is 4.43. The number of likely N-dealkylation sites (N-methyl/N-ethyl adjacent to an activating group) is 1. The lowest BCUT2D eigenvalue weighted by atomic mass is 10.2. The summed E-state index contributed by atoms with van der Waals surface area (Å²) in [6, 6.07) is 17.5. The maximum atomic E-state index is 12.7. The SMILES string of the molecule is CN1CCN(c2ccc(NC(=O)C3CC3C(=O)N(C)c3ccccc3)cc2)CC1. The standard InChI is InChI=1S/C23H28N4O2/c1-25-12-14-27(15-13-25)19-10-8-17(9-11-19)24-22(28)20-16-21(20)23(29)26(2)18-6-4-3-5-7-18/h3-11,20-21H,12-16H2,1-2H3,(H,24,28). The van der Waals surface area contributed by atoms with Crippen LogP contribution in [0.1, 0.15) is 6.42 Å². The molecule has 2 unspecified atom stereocenters. The number of rotatable bonds is 5. The summed E-state index contributed by atoms with van der Waals surface area (Å²) in [4.78, 5) is 31.6. The Balaban J connectivity index is 1.30. The second kappa shape index (κ2) is 8.25. The molecule has 1 N–H and O–H groups in total. The summed E-state index contributed by atoms with van der Waals surface area (Å²) < 4.78 is 0. The molecule has 1 saturated carbocycles. The highest BCUT2D eigenvalue weighted by atomic mass is 16.2. The number of hydrogen-bond donors (Lipinski definition) is 1. The fourth-order valence-corrected chi connectivity index (χ4v) is 3.84. The largest absolute Gasteiger partial charge is 0.369 e. The highest BCUT2D eigenvalue weighted by molar-refractivity contribution is 6.04. The number of para-hydroxylation sites is 1. The van der Waals surface area contributed by atoms with E-state index in [2.05, 4.69) is 34.3 Å². The highest BCUT2D eigenvalue weighted by Gasteiger charge is 2.49. The van der Waals surface area contributed by atoms with Gasteiger partial charge in [-0.15, -0.1) is 0 Å². The molecule has 2 aromatic carbocycles. The number of amides is 2. The van der Waals surface area contributed by atoms with E-state index in [0.29, 0.717) is 6.42 Å². The number of benzene rings is 2. The van der Waals surface area contributed by atoms with Crippen LogP contribution in [-0.2, 0) is 9.59 Å². The van der Waals surface area contributed by atoms with Gasteiger partial charge in [-0.05, 0) is 49.9 Å². The Kier molecular flexibility index (Phi) is 5.53. The minimum absolute atomic E-state index is 0.00163. The molecule has 0 bridgehead atoms. The number of nitrogens with zero attached hydrogens (tertiary/aromatic N) is 3. The van der Waals surface area contributed by atoms with E-state index in [9.17, 15) is 9.59 Å². The predicted octanol–water partition coefficient (Wildman–Crippen LogP) is 2.68. The summed E-state index contributed by atoms with van der Waals surface area (Å²) in [6.07, 6.45) is 0.612. The van der Waals surface area contributed by atoms with Gasteiger partial charge in [-0.25, -0.2) is 0 Å². The lowest BCUT2D eigenvalue weighted by Gasteiger charge is -2.34. The van der Waals surface area contributed by atoms with Crippen molar-refractivity contribution in [3.63, 3.8) is 0 Å². The summed E-state index contributed by atoms with van der Waals surface area (Å²) >= 11 is 0. The van der Waals surface area contributed by atoms with Crippen LogP contribution in [0, 0.1) is 11.8 Å². The van der Waals surface area contributed by atoms with Crippen molar-refractivity contribution in [3.8, 4) is 0 Å². The summed E-state index contributed by atoms with van der Waals surface area (Å²) in [5.74, 6) is -0.547. The van der Waals surface area contributed by atoms with Gasteiger partial charge < -0.3 is 20.0 Å². The predicted molar refractivity (Wildman–Crippen MR) is 116 cm³/mol. The maximum absolute atomic E-state index is 12.7. The number of hydrogen-bond acceptors (Lipinski definition) is 4. The zero-order valence-corrected chi connectivity index (χ0v) is 17.0.